The van der Waals surface area contributed by atoms with Gasteiger partial charge in [0.05, 0.1) is 18.2 Å². The largest absolute Gasteiger partial charge is 0.416 e. The van der Waals surface area contributed by atoms with E-state index in [1.54, 1.807) is 6.07 Å². The van der Waals surface area contributed by atoms with E-state index in [2.05, 4.69) is 20.1 Å². The average molecular weight is 477 g/mol. The Bertz CT molecular complexity index is 1040. The molecule has 9 heteroatoms. The Labute approximate surface area is 195 Å². The smallest absolute Gasteiger partial charge is 0.388 e. The van der Waals surface area contributed by atoms with Crippen LogP contribution in [-0.4, -0.2) is 25.6 Å². The van der Waals surface area contributed by atoms with Crippen molar-refractivity contribution in [3.05, 3.63) is 71.5 Å². The minimum Gasteiger partial charge on any atom is -0.388 e. The lowest BCUT2D eigenvalue weighted by Gasteiger charge is -2.26. The van der Waals surface area contributed by atoms with Crippen LogP contribution in [0.25, 0.3) is 0 Å². The predicted octanol–water partition coefficient (Wildman–Crippen LogP) is 6.24. The number of hydrogen-bond acceptors (Lipinski definition) is 5. The number of nitrogens with one attached hydrogen (secondary N) is 1. The maximum Gasteiger partial charge on any atom is 0.416 e. The lowest BCUT2D eigenvalue weighted by atomic mass is 9.95. The highest BCUT2D eigenvalue weighted by Crippen LogP contribution is 2.34. The number of aliphatic hydroxyl groups excluding tert-OH is 1. The van der Waals surface area contributed by atoms with Crippen LogP contribution in [-0.2, 0) is 12.7 Å². The fraction of sp³-hybridized carbons (Fsp3) is 0.417. The van der Waals surface area contributed by atoms with Crippen molar-refractivity contribution >= 4 is 17.4 Å². The van der Waals surface area contributed by atoms with Crippen LogP contribution in [0.2, 0.25) is 0 Å². The zero-order valence-electron chi connectivity index (χ0n) is 18.1. The number of anilines is 1. The molecule has 1 aliphatic carbocycles. The van der Waals surface area contributed by atoms with Gasteiger partial charge in [0, 0.05) is 17.5 Å². The van der Waals surface area contributed by atoms with Crippen LogP contribution in [0, 0.1) is 0 Å². The molecule has 1 unspecified atom stereocenters. The Morgan fingerprint density at radius 2 is 1.79 bits per heavy atom. The third-order valence-electron chi connectivity index (χ3n) is 5.87. The van der Waals surface area contributed by atoms with Crippen molar-refractivity contribution in [3.8, 4) is 0 Å². The summed E-state index contributed by atoms with van der Waals surface area (Å²) in [6, 6.07) is 14.9. The first kappa shape index (κ1) is 23.6. The molecule has 1 fully saturated rings. The minimum absolute atomic E-state index is 0.253. The van der Waals surface area contributed by atoms with Gasteiger partial charge < -0.3 is 15.0 Å². The van der Waals surface area contributed by atoms with Gasteiger partial charge in [-0.15, -0.1) is 10.2 Å². The van der Waals surface area contributed by atoms with E-state index < -0.39 is 17.8 Å². The van der Waals surface area contributed by atoms with Gasteiger partial charge in [-0.3, -0.25) is 0 Å². The lowest BCUT2D eigenvalue weighted by molar-refractivity contribution is -0.137. The fourth-order valence-electron chi connectivity index (χ4n) is 4.14. The summed E-state index contributed by atoms with van der Waals surface area (Å²) in [4.78, 5) is 0. The molecule has 1 atom stereocenters. The molecule has 0 saturated heterocycles. The van der Waals surface area contributed by atoms with Crippen LogP contribution in [0.1, 0.15) is 61.2 Å². The molecular weight excluding hydrogens is 449 g/mol. The summed E-state index contributed by atoms with van der Waals surface area (Å²) in [5.41, 5.74) is 0.546. The van der Waals surface area contributed by atoms with E-state index in [1.165, 1.54) is 24.2 Å². The van der Waals surface area contributed by atoms with Crippen LogP contribution >= 0.6 is 11.8 Å². The molecule has 0 bridgehead atoms. The topological polar surface area (TPSA) is 63.0 Å². The van der Waals surface area contributed by atoms with E-state index in [1.807, 2.05) is 30.3 Å². The molecule has 1 aliphatic rings. The van der Waals surface area contributed by atoms with Gasteiger partial charge in [-0.1, -0.05) is 67.4 Å². The molecule has 0 spiro atoms. The predicted molar refractivity (Wildman–Crippen MR) is 123 cm³/mol. The number of nitrogens with zero attached hydrogens (tertiary/aromatic N) is 3. The maximum absolute atomic E-state index is 13.0. The summed E-state index contributed by atoms with van der Waals surface area (Å²) in [7, 11) is 0. The Hall–Kier alpha value is -2.52. The third-order valence-corrected chi connectivity index (χ3v) is 6.89. The molecule has 33 heavy (non-hydrogen) atoms. The molecule has 1 saturated carbocycles. The molecule has 1 aromatic heterocycles. The molecule has 1 heterocycles. The number of aliphatic hydroxyl groups is 1. The van der Waals surface area contributed by atoms with Gasteiger partial charge in [0.1, 0.15) is 0 Å². The maximum atomic E-state index is 13.0. The van der Waals surface area contributed by atoms with Gasteiger partial charge >= 0.3 is 6.18 Å². The van der Waals surface area contributed by atoms with E-state index in [0.29, 0.717) is 17.3 Å². The van der Waals surface area contributed by atoms with Crippen molar-refractivity contribution in [2.75, 3.05) is 11.1 Å². The third kappa shape index (κ3) is 6.09. The number of aromatic nitrogens is 3. The van der Waals surface area contributed by atoms with Crippen LogP contribution in [0.15, 0.2) is 59.8 Å². The number of benzene rings is 2. The van der Waals surface area contributed by atoms with Crippen LogP contribution < -0.4 is 5.32 Å². The average Bonchev–Trinajstić information content (AvgIpc) is 3.25. The molecular formula is C24H27F3N4OS. The fourth-order valence-corrected chi connectivity index (χ4v) is 5.14. The molecule has 2 N–H and O–H groups in total. The lowest BCUT2D eigenvalue weighted by Crippen LogP contribution is -2.18. The first-order chi connectivity index (χ1) is 15.9. The molecule has 3 aromatic rings. The van der Waals surface area contributed by atoms with E-state index in [4.69, 9.17) is 0 Å². The monoisotopic (exact) mass is 476 g/mol. The second kappa shape index (κ2) is 10.6. The second-order valence-electron chi connectivity index (χ2n) is 8.23. The van der Waals surface area contributed by atoms with Crippen LogP contribution in [0.5, 0.6) is 0 Å². The number of halogens is 3. The normalized spacial score (nSPS) is 16.0. The van der Waals surface area contributed by atoms with E-state index in [9.17, 15) is 18.3 Å². The number of rotatable bonds is 8. The Balaban J connectivity index is 1.50. The van der Waals surface area contributed by atoms with Crippen molar-refractivity contribution in [1.82, 2.24) is 14.8 Å². The van der Waals surface area contributed by atoms with Gasteiger partial charge in [0.2, 0.25) is 0 Å². The van der Waals surface area contributed by atoms with Crippen LogP contribution in [0.3, 0.4) is 0 Å². The second-order valence-corrected chi connectivity index (χ2v) is 9.22. The highest BCUT2D eigenvalue weighted by Gasteiger charge is 2.30. The Morgan fingerprint density at radius 3 is 2.52 bits per heavy atom. The van der Waals surface area contributed by atoms with Crippen LogP contribution in [0.4, 0.5) is 18.9 Å². The van der Waals surface area contributed by atoms with Crippen molar-refractivity contribution in [1.29, 1.82) is 0 Å². The number of alkyl halides is 3. The molecule has 0 radical (unpaired) electrons. The molecule has 4 rings (SSSR count). The molecule has 0 aliphatic heterocycles. The van der Waals surface area contributed by atoms with Crippen molar-refractivity contribution in [2.45, 2.75) is 62.1 Å². The van der Waals surface area contributed by atoms with Gasteiger partial charge in [-0.25, -0.2) is 0 Å². The van der Waals surface area contributed by atoms with Gasteiger partial charge in [-0.05, 0) is 36.6 Å². The highest BCUT2D eigenvalue weighted by molar-refractivity contribution is 7.99. The Kier molecular flexibility index (Phi) is 7.60. The molecule has 0 amide bonds. The standard InChI is InChI=1S/C24H27F3N4OS/c25-24(26,27)18-10-7-11-19(14-18)28-15-22-29-30-23(31(22)20-12-5-2-6-13-20)33-16-21(32)17-8-3-1-4-9-17/h1,3-4,7-11,14,20-21,28,32H,2,5-6,12-13,15-16H2. The van der Waals surface area contributed by atoms with Gasteiger partial charge in [-0.2, -0.15) is 13.2 Å². The Morgan fingerprint density at radius 1 is 1.03 bits per heavy atom. The van der Waals surface area contributed by atoms with Crippen molar-refractivity contribution < 1.29 is 18.3 Å². The first-order valence-electron chi connectivity index (χ1n) is 11.1. The van der Waals surface area contributed by atoms with Crippen molar-refractivity contribution in [3.63, 3.8) is 0 Å². The molecule has 5 nitrogen and oxygen atoms in total. The summed E-state index contributed by atoms with van der Waals surface area (Å²) in [6.45, 7) is 0.270. The summed E-state index contributed by atoms with van der Waals surface area (Å²) < 4.78 is 41.2. The summed E-state index contributed by atoms with van der Waals surface area (Å²) in [5, 5.41) is 23.1. The van der Waals surface area contributed by atoms with E-state index in [0.717, 1.165) is 48.5 Å². The minimum atomic E-state index is -4.39. The summed E-state index contributed by atoms with van der Waals surface area (Å²) >= 11 is 1.45. The quantitative estimate of drug-likeness (QED) is 0.377. The zero-order chi connectivity index (χ0) is 23.3. The van der Waals surface area contributed by atoms with E-state index in [-0.39, 0.29) is 12.6 Å². The zero-order valence-corrected chi connectivity index (χ0v) is 18.9. The molecule has 176 valence electrons. The highest BCUT2D eigenvalue weighted by atomic mass is 32.2. The number of hydrogen-bond donors (Lipinski definition) is 2. The van der Waals surface area contributed by atoms with Gasteiger partial charge in [0.25, 0.3) is 0 Å². The molecule has 2 aromatic carbocycles. The van der Waals surface area contributed by atoms with E-state index >= 15 is 0 Å². The summed E-state index contributed by atoms with van der Waals surface area (Å²) in [6.07, 6.45) is 0.473. The summed E-state index contributed by atoms with van der Waals surface area (Å²) in [5.74, 6) is 1.13. The van der Waals surface area contributed by atoms with Crippen molar-refractivity contribution in [2.24, 2.45) is 0 Å². The van der Waals surface area contributed by atoms with Gasteiger partial charge in [0.15, 0.2) is 11.0 Å². The SMILES string of the molecule is OC(CSc1nnc(CNc2cccc(C(F)(F)F)c2)n1C1CCCCC1)c1ccccc1. The number of thioether (sulfide) groups is 1. The first-order valence-corrected chi connectivity index (χ1v) is 12.1.